The summed E-state index contributed by atoms with van der Waals surface area (Å²) in [5.74, 6) is 0. The summed E-state index contributed by atoms with van der Waals surface area (Å²) in [5, 5.41) is 0. The fourth-order valence-electron chi connectivity index (χ4n) is 3.12. The molecule has 0 aromatic heterocycles. The molecule has 0 spiro atoms. The molecule has 0 amide bonds. The van der Waals surface area contributed by atoms with Crippen molar-refractivity contribution in [2.24, 2.45) is 0 Å². The molecular formula is C28H57FO10. The first-order valence-corrected chi connectivity index (χ1v) is 14.7. The lowest BCUT2D eigenvalue weighted by molar-refractivity contribution is -0.0265. The van der Waals surface area contributed by atoms with E-state index < -0.39 is 6.67 Å². The molecule has 0 unspecified atom stereocenters. The van der Waals surface area contributed by atoms with Gasteiger partial charge in [-0.3, -0.25) is 0 Å². The third kappa shape index (κ3) is 37.5. The van der Waals surface area contributed by atoms with E-state index in [1.165, 1.54) is 32.1 Å². The lowest BCUT2D eigenvalue weighted by atomic mass is 10.1. The van der Waals surface area contributed by atoms with Gasteiger partial charge in [0, 0.05) is 6.61 Å². The van der Waals surface area contributed by atoms with Crippen molar-refractivity contribution >= 4 is 0 Å². The Morgan fingerprint density at radius 2 is 0.513 bits per heavy atom. The maximum Gasteiger partial charge on any atom is 0.113 e. The van der Waals surface area contributed by atoms with Gasteiger partial charge in [-0.25, -0.2) is 4.39 Å². The number of halogens is 1. The Bertz CT molecular complexity index is 388. The van der Waals surface area contributed by atoms with Crippen molar-refractivity contribution in [1.29, 1.82) is 0 Å². The Labute approximate surface area is 236 Å². The quantitative estimate of drug-likeness (QED) is 0.104. The van der Waals surface area contributed by atoms with E-state index in [1.807, 2.05) is 0 Å². The maximum atomic E-state index is 11.8. The van der Waals surface area contributed by atoms with Gasteiger partial charge in [-0.1, -0.05) is 39.0 Å². The highest BCUT2D eigenvalue weighted by atomic mass is 19.1. The number of unbranched alkanes of at least 4 members (excludes halogenated alkanes) is 5. The van der Waals surface area contributed by atoms with Gasteiger partial charge >= 0.3 is 0 Å². The van der Waals surface area contributed by atoms with Crippen LogP contribution >= 0.6 is 0 Å². The fraction of sp³-hybridized carbons (Fsp3) is 1.00. The third-order valence-corrected chi connectivity index (χ3v) is 5.21. The highest BCUT2D eigenvalue weighted by Crippen LogP contribution is 2.04. The monoisotopic (exact) mass is 572 g/mol. The third-order valence-electron chi connectivity index (χ3n) is 5.21. The number of hydrogen-bond acceptors (Lipinski definition) is 10. The number of ether oxygens (including phenoxy) is 10. The second-order valence-electron chi connectivity index (χ2n) is 8.58. The molecule has 0 atom stereocenters. The van der Waals surface area contributed by atoms with Gasteiger partial charge in [0.2, 0.25) is 0 Å². The van der Waals surface area contributed by atoms with Crippen molar-refractivity contribution in [1.82, 2.24) is 0 Å². The van der Waals surface area contributed by atoms with Crippen LogP contribution in [0.2, 0.25) is 0 Å². The molecule has 0 N–H and O–H groups in total. The Balaban J connectivity index is 3.01. The molecule has 11 heteroatoms. The first kappa shape index (κ1) is 38.5. The molecule has 0 rings (SSSR count). The first-order valence-electron chi connectivity index (χ1n) is 14.7. The van der Waals surface area contributed by atoms with E-state index in [0.717, 1.165) is 13.0 Å². The van der Waals surface area contributed by atoms with Gasteiger partial charge in [0.25, 0.3) is 0 Å². The van der Waals surface area contributed by atoms with Crippen LogP contribution in [0.4, 0.5) is 4.39 Å². The zero-order valence-corrected chi connectivity index (χ0v) is 24.6. The van der Waals surface area contributed by atoms with Gasteiger partial charge in [-0.05, 0) is 6.42 Å². The van der Waals surface area contributed by atoms with E-state index in [1.54, 1.807) is 0 Å². The Kier molecular flexibility index (Phi) is 37.1. The molecule has 39 heavy (non-hydrogen) atoms. The summed E-state index contributed by atoms with van der Waals surface area (Å²) >= 11 is 0. The van der Waals surface area contributed by atoms with Crippen molar-refractivity contribution in [3.8, 4) is 0 Å². The average Bonchev–Trinajstić information content (AvgIpc) is 2.95. The van der Waals surface area contributed by atoms with Crippen LogP contribution in [0.3, 0.4) is 0 Å². The topological polar surface area (TPSA) is 92.3 Å². The molecule has 0 aliphatic heterocycles. The molecule has 0 heterocycles. The minimum absolute atomic E-state index is 0.118. The van der Waals surface area contributed by atoms with E-state index in [-0.39, 0.29) is 6.61 Å². The van der Waals surface area contributed by atoms with Crippen molar-refractivity contribution in [2.45, 2.75) is 45.4 Å². The maximum absolute atomic E-state index is 11.8. The van der Waals surface area contributed by atoms with Gasteiger partial charge in [-0.2, -0.15) is 0 Å². The number of rotatable bonds is 36. The second-order valence-corrected chi connectivity index (χ2v) is 8.58. The van der Waals surface area contributed by atoms with Crippen LogP contribution in [0.5, 0.6) is 0 Å². The molecule has 0 fully saturated rings. The van der Waals surface area contributed by atoms with Crippen LogP contribution in [0.1, 0.15) is 45.4 Å². The largest absolute Gasteiger partial charge is 0.379 e. The summed E-state index contributed by atoms with van der Waals surface area (Å²) in [7, 11) is 0. The minimum Gasteiger partial charge on any atom is -0.379 e. The van der Waals surface area contributed by atoms with Crippen LogP contribution in [0, 0.1) is 0 Å². The van der Waals surface area contributed by atoms with Gasteiger partial charge in [-0.15, -0.1) is 0 Å². The zero-order chi connectivity index (χ0) is 28.2. The fourth-order valence-corrected chi connectivity index (χ4v) is 3.12. The Morgan fingerprint density at radius 1 is 0.282 bits per heavy atom. The lowest BCUT2D eigenvalue weighted by Gasteiger charge is -2.09. The molecule has 0 saturated carbocycles. The van der Waals surface area contributed by atoms with Crippen LogP contribution in [0.25, 0.3) is 0 Å². The van der Waals surface area contributed by atoms with E-state index >= 15 is 0 Å². The molecule has 10 nitrogen and oxygen atoms in total. The molecule has 0 aliphatic rings. The molecular weight excluding hydrogens is 515 g/mol. The van der Waals surface area contributed by atoms with Crippen LogP contribution in [-0.2, 0) is 47.4 Å². The van der Waals surface area contributed by atoms with Gasteiger partial charge in [0.1, 0.15) is 6.67 Å². The van der Waals surface area contributed by atoms with E-state index in [9.17, 15) is 4.39 Å². The van der Waals surface area contributed by atoms with Crippen LogP contribution in [-0.4, -0.2) is 139 Å². The van der Waals surface area contributed by atoms with E-state index in [0.29, 0.717) is 119 Å². The molecule has 0 saturated heterocycles. The van der Waals surface area contributed by atoms with Gasteiger partial charge in [0.15, 0.2) is 0 Å². The predicted octanol–water partition coefficient (Wildman–Crippen LogP) is 3.48. The number of alkyl halides is 1. The van der Waals surface area contributed by atoms with Crippen LogP contribution < -0.4 is 0 Å². The van der Waals surface area contributed by atoms with E-state index in [2.05, 4.69) is 6.92 Å². The van der Waals surface area contributed by atoms with Crippen molar-refractivity contribution in [3.63, 3.8) is 0 Å². The molecule has 0 bridgehead atoms. The summed E-state index contributed by atoms with van der Waals surface area (Å²) in [6.07, 6.45) is 7.68. The minimum atomic E-state index is -0.470. The predicted molar refractivity (Wildman–Crippen MR) is 148 cm³/mol. The molecule has 0 aromatic carbocycles. The smallest absolute Gasteiger partial charge is 0.113 e. The highest BCUT2D eigenvalue weighted by molar-refractivity contribution is 4.44. The van der Waals surface area contributed by atoms with Gasteiger partial charge < -0.3 is 47.4 Å². The van der Waals surface area contributed by atoms with E-state index in [4.69, 9.17) is 47.4 Å². The van der Waals surface area contributed by atoms with Crippen LogP contribution in [0.15, 0.2) is 0 Å². The molecule has 0 aliphatic carbocycles. The zero-order valence-electron chi connectivity index (χ0n) is 24.6. The van der Waals surface area contributed by atoms with Gasteiger partial charge in [0.05, 0.1) is 126 Å². The molecule has 0 radical (unpaired) electrons. The Hall–Kier alpha value is -0.470. The summed E-state index contributed by atoms with van der Waals surface area (Å²) in [6.45, 7) is 12.1. The summed E-state index contributed by atoms with van der Waals surface area (Å²) < 4.78 is 65.8. The Morgan fingerprint density at radius 3 is 0.795 bits per heavy atom. The van der Waals surface area contributed by atoms with Crippen molar-refractivity contribution in [3.05, 3.63) is 0 Å². The summed E-state index contributed by atoms with van der Waals surface area (Å²) in [6, 6.07) is 0. The normalized spacial score (nSPS) is 11.5. The number of hydrogen-bond donors (Lipinski definition) is 0. The SMILES string of the molecule is CCCCCCCCOCCOCCOCCOCCOCCOCCOCCOCCOCCOCCF. The standard InChI is InChI=1S/C28H57FO10/c1-2-3-4-5-6-7-9-30-11-13-32-15-17-34-19-21-36-23-25-38-27-28-39-26-24-37-22-20-35-18-16-33-14-12-31-10-8-29/h2-28H2,1H3. The summed E-state index contributed by atoms with van der Waals surface area (Å²) in [4.78, 5) is 0. The highest BCUT2D eigenvalue weighted by Gasteiger charge is 1.96. The molecule has 236 valence electrons. The summed E-state index contributed by atoms with van der Waals surface area (Å²) in [5.41, 5.74) is 0. The average molecular weight is 573 g/mol. The lowest BCUT2D eigenvalue weighted by Crippen LogP contribution is -2.15. The second kappa shape index (κ2) is 37.5. The van der Waals surface area contributed by atoms with Crippen molar-refractivity contribution in [2.75, 3.05) is 139 Å². The molecule has 0 aromatic rings. The first-order chi connectivity index (χ1) is 19.4. The van der Waals surface area contributed by atoms with Crippen molar-refractivity contribution < 1.29 is 51.8 Å².